The number of hydrogen-bond donors (Lipinski definition) is 2. The Bertz CT molecular complexity index is 1050. The fraction of sp³-hybridized carbons (Fsp3) is 0.200. The number of aromatic nitrogens is 1. The molecule has 2 aromatic rings. The lowest BCUT2D eigenvalue weighted by Gasteiger charge is -2.10. The third kappa shape index (κ3) is 3.57. The van der Waals surface area contributed by atoms with Crippen LogP contribution in [-0.4, -0.2) is 22.6 Å². The Morgan fingerprint density at radius 2 is 1.84 bits per heavy atom. The first kappa shape index (κ1) is 18.3. The average Bonchev–Trinajstić information content (AvgIpc) is 2.55. The van der Waals surface area contributed by atoms with Gasteiger partial charge in [0, 0.05) is 12.1 Å². The largest absolute Gasteiger partial charge is 0.493 e. The van der Waals surface area contributed by atoms with Crippen molar-refractivity contribution in [2.75, 3.05) is 0 Å². The average molecular weight is 362 g/mol. The van der Waals surface area contributed by atoms with Crippen molar-refractivity contribution in [3.05, 3.63) is 45.7 Å². The van der Waals surface area contributed by atoms with Crippen LogP contribution in [0, 0.1) is 18.3 Å². The Kier molecular flexibility index (Phi) is 5.01. The predicted molar refractivity (Wildman–Crippen MR) is 87.9 cm³/mol. The van der Waals surface area contributed by atoms with Crippen LogP contribution in [0.25, 0.3) is 0 Å². The van der Waals surface area contributed by atoms with Crippen molar-refractivity contribution in [1.82, 2.24) is 4.57 Å². The highest BCUT2D eigenvalue weighted by atomic mass is 32.2. The van der Waals surface area contributed by atoms with Gasteiger partial charge >= 0.3 is 0 Å². The summed E-state index contributed by atoms with van der Waals surface area (Å²) < 4.78 is 31.9. The first-order chi connectivity index (χ1) is 11.7. The highest BCUT2D eigenvalue weighted by Gasteiger charge is 2.18. The van der Waals surface area contributed by atoms with E-state index in [1.165, 1.54) is 19.1 Å². The molecule has 9 nitrogen and oxygen atoms in total. The maximum Gasteiger partial charge on any atom is 0.294 e. The third-order valence-electron chi connectivity index (χ3n) is 3.49. The number of nitriles is 1. The smallest absolute Gasteiger partial charge is 0.294 e. The van der Waals surface area contributed by atoms with Crippen molar-refractivity contribution in [3.63, 3.8) is 0 Å². The number of hydrogen-bond acceptors (Lipinski definition) is 7. The number of nitrogens with zero attached hydrogens (tertiary/aromatic N) is 4. The lowest BCUT2D eigenvalue weighted by atomic mass is 10.1. The van der Waals surface area contributed by atoms with Gasteiger partial charge in [0.1, 0.15) is 11.6 Å². The summed E-state index contributed by atoms with van der Waals surface area (Å²) in [5, 5.41) is 26.8. The molecule has 0 atom stereocenters. The van der Waals surface area contributed by atoms with Gasteiger partial charge in [0.25, 0.3) is 15.7 Å². The topological polar surface area (TPSA) is 145 Å². The van der Waals surface area contributed by atoms with Crippen molar-refractivity contribution < 1.29 is 18.1 Å². The first-order valence-corrected chi connectivity index (χ1v) is 8.50. The summed E-state index contributed by atoms with van der Waals surface area (Å²) in [6.45, 7) is 3.24. The number of azo groups is 1. The van der Waals surface area contributed by atoms with Crippen LogP contribution in [0.15, 0.2) is 44.2 Å². The molecule has 130 valence electrons. The minimum Gasteiger partial charge on any atom is -0.493 e. The Morgan fingerprint density at radius 1 is 1.24 bits per heavy atom. The maximum absolute atomic E-state index is 12.3. The minimum atomic E-state index is -4.31. The van der Waals surface area contributed by atoms with Crippen molar-refractivity contribution in [2.24, 2.45) is 10.2 Å². The molecule has 0 spiro atoms. The zero-order valence-corrected chi connectivity index (χ0v) is 14.1. The second kappa shape index (κ2) is 6.84. The van der Waals surface area contributed by atoms with E-state index in [-0.39, 0.29) is 33.9 Å². The molecular weight excluding hydrogens is 348 g/mol. The van der Waals surface area contributed by atoms with E-state index in [4.69, 9.17) is 9.81 Å². The first-order valence-electron chi connectivity index (χ1n) is 7.06. The molecule has 0 unspecified atom stereocenters. The van der Waals surface area contributed by atoms with E-state index < -0.39 is 21.6 Å². The molecule has 0 fully saturated rings. The molecule has 0 aliphatic heterocycles. The fourth-order valence-corrected chi connectivity index (χ4v) is 2.62. The zero-order chi connectivity index (χ0) is 18.8. The second-order valence-corrected chi connectivity index (χ2v) is 6.42. The molecular formula is C15H14N4O5S. The van der Waals surface area contributed by atoms with Crippen LogP contribution in [0.3, 0.4) is 0 Å². The van der Waals surface area contributed by atoms with Crippen LogP contribution in [-0.2, 0) is 16.7 Å². The van der Waals surface area contributed by atoms with E-state index in [0.717, 1.165) is 16.7 Å². The van der Waals surface area contributed by atoms with Gasteiger partial charge in [-0.3, -0.25) is 13.9 Å². The Morgan fingerprint density at radius 3 is 2.32 bits per heavy atom. The normalized spacial score (nSPS) is 11.6. The molecule has 1 aromatic carbocycles. The van der Waals surface area contributed by atoms with E-state index in [1.54, 1.807) is 6.92 Å². The Labute approximate surface area is 143 Å². The van der Waals surface area contributed by atoms with Gasteiger partial charge < -0.3 is 5.11 Å². The molecule has 0 radical (unpaired) electrons. The Balaban J connectivity index is 2.52. The van der Waals surface area contributed by atoms with E-state index in [9.17, 15) is 18.3 Å². The monoisotopic (exact) mass is 362 g/mol. The summed E-state index contributed by atoms with van der Waals surface area (Å²) in [7, 11) is -4.31. The number of aromatic hydroxyl groups is 1. The van der Waals surface area contributed by atoms with Crippen LogP contribution in [0.5, 0.6) is 5.88 Å². The van der Waals surface area contributed by atoms with E-state index in [1.807, 2.05) is 6.07 Å². The molecule has 2 N–H and O–H groups in total. The molecule has 25 heavy (non-hydrogen) atoms. The summed E-state index contributed by atoms with van der Waals surface area (Å²) >= 11 is 0. The molecule has 1 aromatic heterocycles. The highest BCUT2D eigenvalue weighted by Crippen LogP contribution is 2.27. The van der Waals surface area contributed by atoms with Gasteiger partial charge in [0.05, 0.1) is 10.6 Å². The summed E-state index contributed by atoms with van der Waals surface area (Å²) in [5.74, 6) is -0.427. The van der Waals surface area contributed by atoms with Crippen LogP contribution in [0.1, 0.15) is 18.1 Å². The molecule has 0 aliphatic rings. The van der Waals surface area contributed by atoms with Crippen molar-refractivity contribution in [3.8, 4) is 11.9 Å². The fourth-order valence-electron chi connectivity index (χ4n) is 2.14. The quantitative estimate of drug-likeness (QED) is 0.631. The van der Waals surface area contributed by atoms with E-state index >= 15 is 0 Å². The molecule has 2 rings (SSSR count). The molecule has 0 amide bonds. The van der Waals surface area contributed by atoms with Gasteiger partial charge in [-0.1, -0.05) is 0 Å². The number of rotatable bonds is 4. The lowest BCUT2D eigenvalue weighted by Crippen LogP contribution is -2.20. The van der Waals surface area contributed by atoms with Crippen molar-refractivity contribution in [2.45, 2.75) is 25.3 Å². The van der Waals surface area contributed by atoms with Gasteiger partial charge in [-0.05, 0) is 38.1 Å². The number of benzene rings is 1. The van der Waals surface area contributed by atoms with Gasteiger partial charge in [-0.15, -0.1) is 5.11 Å². The summed E-state index contributed by atoms with van der Waals surface area (Å²) in [5.41, 5.74) is -0.351. The summed E-state index contributed by atoms with van der Waals surface area (Å²) in [4.78, 5) is 12.0. The molecule has 10 heteroatoms. The Hall–Kier alpha value is -3.03. The third-order valence-corrected chi connectivity index (χ3v) is 4.35. The van der Waals surface area contributed by atoms with Crippen LogP contribution in [0.2, 0.25) is 0 Å². The second-order valence-electron chi connectivity index (χ2n) is 5.00. The molecule has 0 saturated carbocycles. The standard InChI is InChI=1S/C15H14N4O5S/c1-3-19-14(20)12(8-16)9(2)13(15(19)21)18-17-10-4-6-11(7-5-10)25(22,23)24/h4-7,20H,3H2,1-2H3,(H,22,23,24). The van der Waals surface area contributed by atoms with Crippen LogP contribution >= 0.6 is 0 Å². The zero-order valence-electron chi connectivity index (χ0n) is 13.3. The van der Waals surface area contributed by atoms with Gasteiger partial charge in [0.2, 0.25) is 5.88 Å². The van der Waals surface area contributed by atoms with E-state index in [2.05, 4.69) is 10.2 Å². The van der Waals surface area contributed by atoms with Crippen molar-refractivity contribution in [1.29, 1.82) is 5.26 Å². The van der Waals surface area contributed by atoms with Crippen LogP contribution in [0.4, 0.5) is 11.4 Å². The molecule has 0 bridgehead atoms. The van der Waals surface area contributed by atoms with Crippen LogP contribution < -0.4 is 5.56 Å². The molecule has 0 saturated heterocycles. The summed E-state index contributed by atoms with van der Waals surface area (Å²) in [6.07, 6.45) is 0. The van der Waals surface area contributed by atoms with Gasteiger partial charge in [-0.2, -0.15) is 18.8 Å². The maximum atomic E-state index is 12.3. The van der Waals surface area contributed by atoms with Gasteiger partial charge in [0.15, 0.2) is 5.69 Å². The predicted octanol–water partition coefficient (Wildman–Crippen LogP) is 2.42. The summed E-state index contributed by atoms with van der Waals surface area (Å²) in [6, 6.07) is 6.69. The lowest BCUT2D eigenvalue weighted by molar-refractivity contribution is 0.409. The van der Waals surface area contributed by atoms with Gasteiger partial charge in [-0.25, -0.2) is 0 Å². The minimum absolute atomic E-state index is 0.0721. The molecule has 0 aliphatic carbocycles. The van der Waals surface area contributed by atoms with Crippen molar-refractivity contribution >= 4 is 21.5 Å². The molecule has 1 heterocycles. The SMILES string of the molecule is CCn1c(O)c(C#N)c(C)c(N=Nc2ccc(S(=O)(=O)O)cc2)c1=O. The number of pyridine rings is 1. The van der Waals surface area contributed by atoms with E-state index in [0.29, 0.717) is 0 Å². The highest BCUT2D eigenvalue weighted by molar-refractivity contribution is 7.85.